The van der Waals surface area contributed by atoms with Crippen LogP contribution >= 0.6 is 12.2 Å². The third-order valence-electron chi connectivity index (χ3n) is 3.60. The maximum Gasteiger partial charge on any atom is 0.433 e. The van der Waals surface area contributed by atoms with E-state index >= 15 is 0 Å². The Labute approximate surface area is 160 Å². The van der Waals surface area contributed by atoms with Crippen molar-refractivity contribution in [1.29, 1.82) is 0 Å². The van der Waals surface area contributed by atoms with E-state index in [4.69, 9.17) is 12.2 Å². The predicted molar refractivity (Wildman–Crippen MR) is 94.8 cm³/mol. The van der Waals surface area contributed by atoms with Crippen molar-refractivity contribution >= 4 is 22.9 Å². The van der Waals surface area contributed by atoms with Gasteiger partial charge in [0.25, 0.3) is 5.69 Å². The minimum atomic E-state index is -4.60. The van der Waals surface area contributed by atoms with E-state index in [1.807, 2.05) is 0 Å². The minimum absolute atomic E-state index is 0.0874. The molecule has 3 aromatic rings. The van der Waals surface area contributed by atoms with E-state index < -0.39 is 29.0 Å². The molecule has 0 fully saturated rings. The smallest absolute Gasteiger partial charge is 0.433 e. The Hall–Kier alpha value is -3.34. The average Bonchev–Trinajstić information content (AvgIpc) is 2.62. The lowest BCUT2D eigenvalue weighted by Gasteiger charge is -2.08. The molecule has 0 aliphatic rings. The third kappa shape index (κ3) is 4.14. The van der Waals surface area contributed by atoms with Gasteiger partial charge in [0.15, 0.2) is 5.75 Å². The SMILES string of the molecule is O=c1[nH][n+](-c2ccc(C(F)(F)F)nc2)cc(O)c1C(=S)Nc1ccc(F)cc1. The number of rotatable bonds is 3. The molecule has 0 unspecified atom stereocenters. The molecule has 0 amide bonds. The van der Waals surface area contributed by atoms with Crippen LogP contribution in [0.15, 0.2) is 53.6 Å². The topological polar surface area (TPSA) is 81.9 Å². The van der Waals surface area contributed by atoms with Gasteiger partial charge in [-0.2, -0.15) is 13.2 Å². The second-order valence-corrected chi connectivity index (χ2v) is 5.97. The van der Waals surface area contributed by atoms with Crippen LogP contribution in [0.2, 0.25) is 0 Å². The number of alkyl halides is 3. The second-order valence-electron chi connectivity index (χ2n) is 5.56. The average molecular weight is 411 g/mol. The van der Waals surface area contributed by atoms with Crippen LogP contribution < -0.4 is 15.6 Å². The number of benzene rings is 1. The van der Waals surface area contributed by atoms with Crippen LogP contribution in [0.4, 0.5) is 23.2 Å². The Morgan fingerprint density at radius 3 is 2.39 bits per heavy atom. The molecule has 0 saturated heterocycles. The van der Waals surface area contributed by atoms with Crippen LogP contribution in [0.3, 0.4) is 0 Å². The molecule has 0 spiro atoms. The number of H-pyrrole nitrogens is 1. The number of pyridine rings is 1. The van der Waals surface area contributed by atoms with Crippen molar-refractivity contribution in [3.63, 3.8) is 0 Å². The van der Waals surface area contributed by atoms with Crippen LogP contribution in [-0.2, 0) is 6.18 Å². The van der Waals surface area contributed by atoms with Crippen LogP contribution in [0.25, 0.3) is 5.69 Å². The van der Waals surface area contributed by atoms with Gasteiger partial charge in [0.05, 0.1) is 0 Å². The second kappa shape index (κ2) is 7.35. The molecule has 0 bridgehead atoms. The van der Waals surface area contributed by atoms with E-state index in [0.717, 1.165) is 29.2 Å². The van der Waals surface area contributed by atoms with Crippen molar-refractivity contribution in [1.82, 2.24) is 10.1 Å². The van der Waals surface area contributed by atoms with Crippen molar-refractivity contribution in [3.05, 3.63) is 76.2 Å². The number of hydrogen-bond acceptors (Lipinski definition) is 4. The number of halogens is 4. The number of anilines is 1. The van der Waals surface area contributed by atoms with Crippen molar-refractivity contribution in [2.24, 2.45) is 0 Å². The van der Waals surface area contributed by atoms with Crippen LogP contribution in [0.1, 0.15) is 11.3 Å². The summed E-state index contributed by atoms with van der Waals surface area (Å²) in [5.41, 5.74) is -1.65. The number of aromatic amines is 1. The summed E-state index contributed by atoms with van der Waals surface area (Å²) in [5.74, 6) is -0.966. The lowest BCUT2D eigenvalue weighted by atomic mass is 10.2. The zero-order chi connectivity index (χ0) is 20.5. The van der Waals surface area contributed by atoms with Gasteiger partial charge in [-0.15, -0.1) is 5.10 Å². The summed E-state index contributed by atoms with van der Waals surface area (Å²) in [6.07, 6.45) is -2.63. The molecule has 0 aliphatic heterocycles. The first-order valence-electron chi connectivity index (χ1n) is 7.63. The van der Waals surface area contributed by atoms with Gasteiger partial charge >= 0.3 is 11.7 Å². The number of thiocarbonyl (C=S) groups is 1. The summed E-state index contributed by atoms with van der Waals surface area (Å²) in [5, 5.41) is 15.2. The first kappa shape index (κ1) is 19.4. The number of aromatic nitrogens is 3. The van der Waals surface area contributed by atoms with Crippen molar-refractivity contribution in [2.45, 2.75) is 6.18 Å². The molecule has 3 rings (SSSR count). The van der Waals surface area contributed by atoms with Crippen LogP contribution in [-0.4, -0.2) is 20.2 Å². The lowest BCUT2D eigenvalue weighted by molar-refractivity contribution is -0.661. The van der Waals surface area contributed by atoms with E-state index in [-0.39, 0.29) is 16.2 Å². The fourth-order valence-corrected chi connectivity index (χ4v) is 2.60. The van der Waals surface area contributed by atoms with Crippen LogP contribution in [0, 0.1) is 5.82 Å². The van der Waals surface area contributed by atoms with Crippen molar-refractivity contribution < 1.29 is 27.3 Å². The Bertz CT molecular complexity index is 1080. The molecular weight excluding hydrogens is 400 g/mol. The summed E-state index contributed by atoms with van der Waals surface area (Å²) in [6.45, 7) is 0. The van der Waals surface area contributed by atoms with E-state index in [2.05, 4.69) is 15.4 Å². The maximum absolute atomic E-state index is 12.9. The predicted octanol–water partition coefficient (Wildman–Crippen LogP) is 2.70. The Morgan fingerprint density at radius 1 is 1.18 bits per heavy atom. The largest absolute Gasteiger partial charge is 0.502 e. The molecule has 144 valence electrons. The van der Waals surface area contributed by atoms with Gasteiger partial charge in [-0.05, 0) is 30.3 Å². The highest BCUT2D eigenvalue weighted by Gasteiger charge is 2.32. The standard InChI is InChI=1S/C17H10F4N4O2S/c18-9-1-3-10(4-2-9)23-16(28)14-12(26)8-25(24-15(14)27)11-5-6-13(22-7-11)17(19,20)21/h1-8H,(H2-,23,24,26,27,28)/p+1. The Balaban J connectivity index is 1.89. The van der Waals surface area contributed by atoms with Gasteiger partial charge in [-0.25, -0.2) is 9.37 Å². The van der Waals surface area contributed by atoms with E-state index in [1.165, 1.54) is 24.3 Å². The summed E-state index contributed by atoms with van der Waals surface area (Å²) in [4.78, 5) is 15.5. The monoisotopic (exact) mass is 411 g/mol. The van der Waals surface area contributed by atoms with Gasteiger partial charge in [-0.1, -0.05) is 16.9 Å². The summed E-state index contributed by atoms with van der Waals surface area (Å²) in [7, 11) is 0. The summed E-state index contributed by atoms with van der Waals surface area (Å²) < 4.78 is 51.7. The molecule has 1 aromatic carbocycles. The van der Waals surface area contributed by atoms with Gasteiger partial charge in [0.2, 0.25) is 6.20 Å². The van der Waals surface area contributed by atoms with Gasteiger partial charge in [0.1, 0.15) is 28.3 Å². The summed E-state index contributed by atoms with van der Waals surface area (Å²) >= 11 is 5.10. The van der Waals surface area contributed by atoms with Gasteiger partial charge in [0, 0.05) is 11.8 Å². The molecular formula is C17H11F4N4O2S+. The van der Waals surface area contributed by atoms with Gasteiger partial charge < -0.3 is 10.4 Å². The first-order valence-corrected chi connectivity index (χ1v) is 8.04. The fraction of sp³-hybridized carbons (Fsp3) is 0.0588. The molecule has 0 radical (unpaired) electrons. The Kier molecular flexibility index (Phi) is 5.10. The van der Waals surface area contributed by atoms with Crippen molar-refractivity contribution in [2.75, 3.05) is 5.32 Å². The van der Waals surface area contributed by atoms with E-state index in [1.54, 1.807) is 0 Å². The fourth-order valence-electron chi connectivity index (χ4n) is 2.28. The molecule has 2 aromatic heterocycles. The highest BCUT2D eigenvalue weighted by molar-refractivity contribution is 7.81. The molecule has 11 heteroatoms. The molecule has 28 heavy (non-hydrogen) atoms. The zero-order valence-electron chi connectivity index (χ0n) is 13.8. The normalized spacial score (nSPS) is 11.3. The highest BCUT2D eigenvalue weighted by Crippen LogP contribution is 2.27. The minimum Gasteiger partial charge on any atom is -0.502 e. The number of aromatic hydroxyl groups is 1. The lowest BCUT2D eigenvalue weighted by Crippen LogP contribution is -2.42. The molecule has 0 atom stereocenters. The number of nitrogens with one attached hydrogen (secondary N) is 2. The summed E-state index contributed by atoms with van der Waals surface area (Å²) in [6, 6.07) is 6.98. The van der Waals surface area contributed by atoms with Crippen LogP contribution in [0.5, 0.6) is 5.75 Å². The van der Waals surface area contributed by atoms with Crippen molar-refractivity contribution in [3.8, 4) is 11.4 Å². The number of nitrogens with zero attached hydrogens (tertiary/aromatic N) is 2. The quantitative estimate of drug-likeness (QED) is 0.351. The molecule has 6 nitrogen and oxygen atoms in total. The molecule has 0 aliphatic carbocycles. The Morgan fingerprint density at radius 2 is 1.86 bits per heavy atom. The van der Waals surface area contributed by atoms with Gasteiger partial charge in [-0.3, -0.25) is 4.79 Å². The number of hydrogen-bond donors (Lipinski definition) is 3. The third-order valence-corrected chi connectivity index (χ3v) is 3.91. The maximum atomic E-state index is 12.9. The van der Waals surface area contributed by atoms with E-state index in [0.29, 0.717) is 5.69 Å². The zero-order valence-corrected chi connectivity index (χ0v) is 14.6. The molecule has 2 heterocycles. The highest BCUT2D eigenvalue weighted by atomic mass is 32.1. The first-order chi connectivity index (χ1) is 13.1. The van der Waals surface area contributed by atoms with E-state index in [9.17, 15) is 27.5 Å². The molecule has 3 N–H and O–H groups in total. The molecule has 0 saturated carbocycles.